The van der Waals surface area contributed by atoms with Crippen molar-refractivity contribution in [2.45, 2.75) is 40.7 Å². The summed E-state index contributed by atoms with van der Waals surface area (Å²) < 4.78 is 5.44. The van der Waals surface area contributed by atoms with Crippen molar-refractivity contribution < 1.29 is 4.74 Å². The Bertz CT molecular complexity index is 627. The van der Waals surface area contributed by atoms with Gasteiger partial charge < -0.3 is 10.1 Å². The zero-order valence-corrected chi connectivity index (χ0v) is 13.7. The van der Waals surface area contributed by atoms with E-state index in [2.05, 4.69) is 56.2 Å². The molecule has 0 amide bonds. The van der Waals surface area contributed by atoms with Crippen molar-refractivity contribution in [1.82, 2.24) is 4.98 Å². The molecule has 0 fully saturated rings. The van der Waals surface area contributed by atoms with Gasteiger partial charge in [-0.25, -0.2) is 0 Å². The summed E-state index contributed by atoms with van der Waals surface area (Å²) in [6.07, 6.45) is 0. The lowest BCUT2D eigenvalue weighted by Gasteiger charge is -2.21. The number of ether oxygens (including phenoxy) is 1. The minimum atomic E-state index is 0.175. The molecule has 0 aliphatic rings. The first-order valence-electron chi connectivity index (χ1n) is 7.28. The predicted molar refractivity (Wildman–Crippen MR) is 88.2 cm³/mol. The number of methoxy groups -OCH3 is 1. The summed E-state index contributed by atoms with van der Waals surface area (Å²) in [6, 6.07) is 8.47. The van der Waals surface area contributed by atoms with Crippen molar-refractivity contribution in [3.63, 3.8) is 0 Å². The number of nitrogens with zero attached hydrogens (tertiary/aromatic N) is 1. The molecule has 1 N–H and O–H groups in total. The minimum absolute atomic E-state index is 0.175. The number of hydrogen-bond acceptors (Lipinski definition) is 3. The fraction of sp³-hybridized carbons (Fsp3) is 0.389. The topological polar surface area (TPSA) is 34.1 Å². The van der Waals surface area contributed by atoms with Gasteiger partial charge in [0.1, 0.15) is 5.75 Å². The lowest BCUT2D eigenvalue weighted by molar-refractivity contribution is 0.416. The molecule has 1 heterocycles. The fourth-order valence-corrected chi connectivity index (χ4v) is 2.93. The average Bonchev–Trinajstić information content (AvgIpc) is 2.37. The Balaban J connectivity index is 2.34. The van der Waals surface area contributed by atoms with Gasteiger partial charge in [-0.3, -0.25) is 4.98 Å². The lowest BCUT2D eigenvalue weighted by Crippen LogP contribution is -2.12. The Labute approximate surface area is 127 Å². The molecule has 2 aromatic rings. The van der Waals surface area contributed by atoms with E-state index in [0.717, 1.165) is 22.8 Å². The van der Waals surface area contributed by atoms with Crippen LogP contribution in [0.3, 0.4) is 0 Å². The highest BCUT2D eigenvalue weighted by Gasteiger charge is 2.14. The molecule has 0 spiro atoms. The highest BCUT2D eigenvalue weighted by Crippen LogP contribution is 2.31. The average molecular weight is 284 g/mol. The summed E-state index contributed by atoms with van der Waals surface area (Å²) >= 11 is 0. The quantitative estimate of drug-likeness (QED) is 0.897. The monoisotopic (exact) mass is 284 g/mol. The van der Waals surface area contributed by atoms with Crippen molar-refractivity contribution in [1.29, 1.82) is 0 Å². The van der Waals surface area contributed by atoms with E-state index < -0.39 is 0 Å². The maximum absolute atomic E-state index is 5.44. The first-order valence-corrected chi connectivity index (χ1v) is 7.28. The molecule has 0 saturated carbocycles. The van der Waals surface area contributed by atoms with Gasteiger partial charge >= 0.3 is 0 Å². The number of hydrogen-bond donors (Lipinski definition) is 1. The van der Waals surface area contributed by atoms with Crippen LogP contribution in [0.4, 0.5) is 5.69 Å². The number of nitrogens with one attached hydrogen (secondary N) is 1. The molecule has 0 saturated heterocycles. The molecule has 0 aliphatic carbocycles. The van der Waals surface area contributed by atoms with Gasteiger partial charge in [-0.15, -0.1) is 0 Å². The van der Waals surface area contributed by atoms with Crippen LogP contribution in [0.25, 0.3) is 0 Å². The third kappa shape index (κ3) is 3.35. The zero-order valence-electron chi connectivity index (χ0n) is 13.7. The Kier molecular flexibility index (Phi) is 4.51. The number of pyridine rings is 1. The molecule has 0 radical (unpaired) electrons. The van der Waals surface area contributed by atoms with Gasteiger partial charge in [0.15, 0.2) is 0 Å². The smallest absolute Gasteiger partial charge is 0.141 e. The maximum Gasteiger partial charge on any atom is 0.141 e. The van der Waals surface area contributed by atoms with Crippen LogP contribution in [0, 0.1) is 27.7 Å². The standard InChI is InChI=1S/C18H24N2O/c1-11-7-8-17(21-6)16(9-11)20-15(5)18-12(2)10-13(3)19-14(18)4/h7-10,15,20H,1-6H3. The van der Waals surface area contributed by atoms with E-state index in [4.69, 9.17) is 4.74 Å². The van der Waals surface area contributed by atoms with Gasteiger partial charge in [0.2, 0.25) is 0 Å². The molecule has 3 nitrogen and oxygen atoms in total. The van der Waals surface area contributed by atoms with E-state index in [1.165, 1.54) is 16.7 Å². The van der Waals surface area contributed by atoms with Gasteiger partial charge in [0.25, 0.3) is 0 Å². The Hall–Kier alpha value is -2.03. The molecule has 1 unspecified atom stereocenters. The summed E-state index contributed by atoms with van der Waals surface area (Å²) in [6.45, 7) is 10.5. The number of aryl methyl sites for hydroxylation is 4. The second-order valence-electron chi connectivity index (χ2n) is 5.65. The van der Waals surface area contributed by atoms with Crippen LogP contribution in [0.1, 0.15) is 41.0 Å². The van der Waals surface area contributed by atoms with Gasteiger partial charge in [0.05, 0.1) is 18.8 Å². The molecule has 21 heavy (non-hydrogen) atoms. The zero-order chi connectivity index (χ0) is 15.6. The second-order valence-corrected chi connectivity index (χ2v) is 5.65. The molecule has 112 valence electrons. The van der Waals surface area contributed by atoms with E-state index in [1.807, 2.05) is 13.0 Å². The number of anilines is 1. The summed E-state index contributed by atoms with van der Waals surface area (Å²) in [5.74, 6) is 0.864. The summed E-state index contributed by atoms with van der Waals surface area (Å²) in [7, 11) is 1.70. The number of rotatable bonds is 4. The normalized spacial score (nSPS) is 12.1. The molecule has 2 rings (SSSR count). The molecule has 0 aliphatic heterocycles. The van der Waals surface area contributed by atoms with E-state index in [-0.39, 0.29) is 6.04 Å². The molecule has 1 aromatic heterocycles. The van der Waals surface area contributed by atoms with Crippen LogP contribution in [0.5, 0.6) is 5.75 Å². The molecule has 3 heteroatoms. The van der Waals surface area contributed by atoms with Crippen LogP contribution in [0.15, 0.2) is 24.3 Å². The number of aromatic nitrogens is 1. The van der Waals surface area contributed by atoms with Crippen molar-refractivity contribution in [3.05, 3.63) is 52.3 Å². The molecule has 1 atom stereocenters. The van der Waals surface area contributed by atoms with Gasteiger partial charge in [0, 0.05) is 11.4 Å². The third-order valence-corrected chi connectivity index (χ3v) is 3.74. The Morgan fingerprint density at radius 2 is 1.81 bits per heavy atom. The van der Waals surface area contributed by atoms with E-state index in [0.29, 0.717) is 0 Å². The SMILES string of the molecule is COc1ccc(C)cc1NC(C)c1c(C)cc(C)nc1C. The van der Waals surface area contributed by atoms with Crippen molar-refractivity contribution in [2.75, 3.05) is 12.4 Å². The summed E-state index contributed by atoms with van der Waals surface area (Å²) in [4.78, 5) is 4.59. The lowest BCUT2D eigenvalue weighted by atomic mass is 10.00. The van der Waals surface area contributed by atoms with E-state index >= 15 is 0 Å². The van der Waals surface area contributed by atoms with Crippen LogP contribution >= 0.6 is 0 Å². The number of benzene rings is 1. The second kappa shape index (κ2) is 6.17. The molecule has 1 aromatic carbocycles. The Morgan fingerprint density at radius 1 is 1.10 bits per heavy atom. The highest BCUT2D eigenvalue weighted by atomic mass is 16.5. The Morgan fingerprint density at radius 3 is 2.43 bits per heavy atom. The highest BCUT2D eigenvalue weighted by molar-refractivity contribution is 5.59. The maximum atomic E-state index is 5.44. The van der Waals surface area contributed by atoms with Gasteiger partial charge in [-0.05, 0) is 69.5 Å². The van der Waals surface area contributed by atoms with Crippen molar-refractivity contribution >= 4 is 5.69 Å². The van der Waals surface area contributed by atoms with Crippen molar-refractivity contribution in [2.24, 2.45) is 0 Å². The fourth-order valence-electron chi connectivity index (χ4n) is 2.93. The summed E-state index contributed by atoms with van der Waals surface area (Å²) in [5, 5.41) is 3.55. The minimum Gasteiger partial charge on any atom is -0.495 e. The third-order valence-electron chi connectivity index (χ3n) is 3.74. The van der Waals surface area contributed by atoms with Gasteiger partial charge in [-0.1, -0.05) is 6.07 Å². The summed E-state index contributed by atoms with van der Waals surface area (Å²) in [5.41, 5.74) is 6.90. The van der Waals surface area contributed by atoms with Crippen molar-refractivity contribution in [3.8, 4) is 5.75 Å². The van der Waals surface area contributed by atoms with E-state index in [9.17, 15) is 0 Å². The van der Waals surface area contributed by atoms with Crippen LogP contribution in [-0.4, -0.2) is 12.1 Å². The first kappa shape index (κ1) is 15.4. The largest absolute Gasteiger partial charge is 0.495 e. The molecular weight excluding hydrogens is 260 g/mol. The molecule has 0 bridgehead atoms. The van der Waals surface area contributed by atoms with Crippen LogP contribution in [0.2, 0.25) is 0 Å². The van der Waals surface area contributed by atoms with Crippen LogP contribution in [-0.2, 0) is 0 Å². The van der Waals surface area contributed by atoms with E-state index in [1.54, 1.807) is 7.11 Å². The first-order chi connectivity index (χ1) is 9.92. The molecular formula is C18H24N2O. The van der Waals surface area contributed by atoms with Crippen LogP contribution < -0.4 is 10.1 Å². The van der Waals surface area contributed by atoms with Gasteiger partial charge in [-0.2, -0.15) is 0 Å². The predicted octanol–water partition coefficient (Wildman–Crippen LogP) is 4.50.